The Morgan fingerprint density at radius 1 is 1.19 bits per heavy atom. The molecule has 0 saturated heterocycles. The van der Waals surface area contributed by atoms with E-state index in [1.165, 1.54) is 35.6 Å². The summed E-state index contributed by atoms with van der Waals surface area (Å²) in [5.41, 5.74) is 1.94. The number of alkyl halides is 3. The monoisotopic (exact) mass is 449 g/mol. The minimum Gasteiger partial charge on any atom is -0.329 e. The van der Waals surface area contributed by atoms with Gasteiger partial charge in [-0.1, -0.05) is 42.0 Å². The third-order valence-corrected chi connectivity index (χ3v) is 5.36. The topological polar surface area (TPSA) is 76.3 Å². The second-order valence-electron chi connectivity index (χ2n) is 6.94. The molecule has 3 aromatic rings. The zero-order valence-electron chi connectivity index (χ0n) is 16.4. The highest BCUT2D eigenvalue weighted by Crippen LogP contribution is 2.26. The van der Waals surface area contributed by atoms with E-state index in [1.807, 2.05) is 31.2 Å². The van der Waals surface area contributed by atoms with Gasteiger partial charge in [0.15, 0.2) is 0 Å². The maximum absolute atomic E-state index is 13.1. The van der Waals surface area contributed by atoms with Crippen LogP contribution in [0.4, 0.5) is 18.9 Å². The Balaban J connectivity index is 1.81. The number of hydrogen-bond donors (Lipinski definition) is 0. The first-order chi connectivity index (χ1) is 14.6. The number of carbonyl (C=O) groups excluding carboxylic acids is 1. The van der Waals surface area contributed by atoms with Gasteiger partial charge in [0.25, 0.3) is 5.69 Å². The SMILES string of the molecule is Cc1cccc(-c2nc(CC(=O)N(Cc3ccccc3[N+](=O)[O-])CC(F)(F)F)cs2)c1. The van der Waals surface area contributed by atoms with Crippen LogP contribution in [0.15, 0.2) is 53.9 Å². The summed E-state index contributed by atoms with van der Waals surface area (Å²) in [5.74, 6) is -0.809. The summed E-state index contributed by atoms with van der Waals surface area (Å²) in [6.45, 7) is -0.101. The normalized spacial score (nSPS) is 11.4. The highest BCUT2D eigenvalue weighted by Gasteiger charge is 2.34. The standard InChI is InChI=1S/C21H18F3N3O3S/c1-14-5-4-7-15(9-14)20-25-17(12-31-20)10-19(28)26(13-21(22,23)24)11-16-6-2-3-8-18(16)27(29)30/h2-9,12H,10-11,13H2,1H3. The predicted octanol–water partition coefficient (Wildman–Crippen LogP) is 5.16. The van der Waals surface area contributed by atoms with Gasteiger partial charge in [-0.05, 0) is 13.0 Å². The fourth-order valence-corrected chi connectivity index (χ4v) is 3.86. The van der Waals surface area contributed by atoms with Crippen LogP contribution in [-0.4, -0.2) is 33.4 Å². The first-order valence-electron chi connectivity index (χ1n) is 9.20. The smallest absolute Gasteiger partial charge is 0.329 e. The Hall–Kier alpha value is -3.27. The zero-order valence-corrected chi connectivity index (χ0v) is 17.2. The Bertz CT molecular complexity index is 1100. The van der Waals surface area contributed by atoms with Crippen molar-refractivity contribution in [3.8, 4) is 10.6 Å². The number of halogens is 3. The molecule has 2 aromatic carbocycles. The van der Waals surface area contributed by atoms with Crippen LogP contribution >= 0.6 is 11.3 Å². The number of benzene rings is 2. The molecule has 0 aliphatic rings. The van der Waals surface area contributed by atoms with Gasteiger partial charge in [0.05, 0.1) is 23.6 Å². The lowest BCUT2D eigenvalue weighted by Gasteiger charge is -2.23. The van der Waals surface area contributed by atoms with Crippen LogP contribution in [-0.2, 0) is 17.8 Å². The minimum atomic E-state index is -4.64. The van der Waals surface area contributed by atoms with E-state index in [2.05, 4.69) is 4.98 Å². The fourth-order valence-electron chi connectivity index (χ4n) is 3.04. The van der Waals surface area contributed by atoms with E-state index in [1.54, 1.807) is 5.38 Å². The van der Waals surface area contributed by atoms with Crippen molar-refractivity contribution in [1.82, 2.24) is 9.88 Å². The number of hydrogen-bond acceptors (Lipinski definition) is 5. The molecule has 1 aromatic heterocycles. The zero-order chi connectivity index (χ0) is 22.6. The van der Waals surface area contributed by atoms with Crippen LogP contribution in [0.5, 0.6) is 0 Å². The number of nitrogens with zero attached hydrogens (tertiary/aromatic N) is 3. The molecule has 0 N–H and O–H groups in total. The number of carbonyl (C=O) groups is 1. The second kappa shape index (κ2) is 9.25. The molecule has 0 atom stereocenters. The van der Waals surface area contributed by atoms with Gasteiger partial charge >= 0.3 is 6.18 Å². The third kappa shape index (κ3) is 6.11. The average molecular weight is 449 g/mol. The third-order valence-electron chi connectivity index (χ3n) is 4.42. The molecule has 0 unspecified atom stereocenters. The predicted molar refractivity (Wildman–Crippen MR) is 111 cm³/mol. The van der Waals surface area contributed by atoms with Crippen LogP contribution in [0.2, 0.25) is 0 Å². The summed E-state index contributed by atoms with van der Waals surface area (Å²) in [7, 11) is 0. The van der Waals surface area contributed by atoms with Crippen molar-refractivity contribution in [3.63, 3.8) is 0 Å². The van der Waals surface area contributed by atoms with E-state index < -0.39 is 30.1 Å². The number of nitro groups is 1. The van der Waals surface area contributed by atoms with Gasteiger partial charge in [-0.3, -0.25) is 14.9 Å². The minimum absolute atomic E-state index is 0.0313. The first kappa shape index (κ1) is 22.4. The molecule has 0 radical (unpaired) electrons. The van der Waals surface area contributed by atoms with Gasteiger partial charge in [0.2, 0.25) is 5.91 Å². The highest BCUT2D eigenvalue weighted by atomic mass is 32.1. The Kier molecular flexibility index (Phi) is 6.69. The van der Waals surface area contributed by atoms with Crippen LogP contribution in [0, 0.1) is 17.0 Å². The summed E-state index contributed by atoms with van der Waals surface area (Å²) in [5, 5.41) is 13.5. The molecule has 0 fully saturated rings. The largest absolute Gasteiger partial charge is 0.406 e. The van der Waals surface area contributed by atoms with E-state index in [0.29, 0.717) is 15.6 Å². The van der Waals surface area contributed by atoms with Gasteiger partial charge < -0.3 is 4.90 Å². The summed E-state index contributed by atoms with van der Waals surface area (Å²) in [6, 6.07) is 13.0. The quantitative estimate of drug-likeness (QED) is 0.369. The molecule has 162 valence electrons. The molecule has 0 saturated carbocycles. The van der Waals surface area contributed by atoms with Crippen molar-refractivity contribution in [2.24, 2.45) is 0 Å². The summed E-state index contributed by atoms with van der Waals surface area (Å²) in [6.07, 6.45) is -4.98. The first-order valence-corrected chi connectivity index (χ1v) is 10.1. The van der Waals surface area contributed by atoms with Crippen molar-refractivity contribution in [2.75, 3.05) is 6.54 Å². The summed E-state index contributed by atoms with van der Waals surface area (Å²) >= 11 is 1.30. The van der Waals surface area contributed by atoms with Crippen molar-refractivity contribution in [3.05, 3.63) is 80.8 Å². The second-order valence-corrected chi connectivity index (χ2v) is 7.80. The number of aryl methyl sites for hydroxylation is 1. The Morgan fingerprint density at radius 2 is 1.94 bits per heavy atom. The molecule has 6 nitrogen and oxygen atoms in total. The van der Waals surface area contributed by atoms with E-state index in [0.717, 1.165) is 11.1 Å². The van der Waals surface area contributed by atoms with Gasteiger partial charge in [-0.2, -0.15) is 13.2 Å². The fraction of sp³-hybridized carbons (Fsp3) is 0.238. The van der Waals surface area contributed by atoms with Crippen molar-refractivity contribution in [1.29, 1.82) is 0 Å². The van der Waals surface area contributed by atoms with Gasteiger partial charge in [0.1, 0.15) is 11.6 Å². The van der Waals surface area contributed by atoms with E-state index >= 15 is 0 Å². The maximum atomic E-state index is 13.1. The molecule has 0 bridgehead atoms. The van der Waals surface area contributed by atoms with Crippen molar-refractivity contribution in [2.45, 2.75) is 26.1 Å². The van der Waals surface area contributed by atoms with E-state index in [9.17, 15) is 28.1 Å². The highest BCUT2D eigenvalue weighted by molar-refractivity contribution is 7.13. The summed E-state index contributed by atoms with van der Waals surface area (Å²) in [4.78, 5) is 28.2. The van der Waals surface area contributed by atoms with Crippen molar-refractivity contribution < 1.29 is 22.9 Å². The van der Waals surface area contributed by atoms with Gasteiger partial charge in [-0.15, -0.1) is 11.3 Å². The number of amides is 1. The Labute approximate surface area is 180 Å². The van der Waals surface area contributed by atoms with Gasteiger partial charge in [0, 0.05) is 22.6 Å². The lowest BCUT2D eigenvalue weighted by molar-refractivity contribution is -0.385. The van der Waals surface area contributed by atoms with Crippen LogP contribution in [0.25, 0.3) is 10.6 Å². The molecule has 0 aliphatic carbocycles. The van der Waals surface area contributed by atoms with Crippen LogP contribution in [0.1, 0.15) is 16.8 Å². The summed E-state index contributed by atoms with van der Waals surface area (Å²) < 4.78 is 39.3. The number of aromatic nitrogens is 1. The Morgan fingerprint density at radius 3 is 2.61 bits per heavy atom. The average Bonchev–Trinajstić information content (AvgIpc) is 3.15. The molecule has 0 aliphatic heterocycles. The van der Waals surface area contributed by atoms with Gasteiger partial charge in [-0.25, -0.2) is 4.98 Å². The van der Waals surface area contributed by atoms with E-state index in [4.69, 9.17) is 0 Å². The molecule has 1 heterocycles. The molecule has 0 spiro atoms. The van der Waals surface area contributed by atoms with Crippen molar-refractivity contribution >= 4 is 22.9 Å². The molecular formula is C21H18F3N3O3S. The molecular weight excluding hydrogens is 431 g/mol. The molecule has 1 amide bonds. The molecule has 10 heteroatoms. The maximum Gasteiger partial charge on any atom is 0.406 e. The van der Waals surface area contributed by atoms with E-state index in [-0.39, 0.29) is 17.7 Å². The van der Waals surface area contributed by atoms with Crippen LogP contribution in [0.3, 0.4) is 0 Å². The number of rotatable bonds is 7. The number of nitro benzene ring substituents is 1. The number of para-hydroxylation sites is 1. The molecule has 3 rings (SSSR count). The lowest BCUT2D eigenvalue weighted by Crippen LogP contribution is -2.39. The molecule has 31 heavy (non-hydrogen) atoms. The van der Waals surface area contributed by atoms with Crippen LogP contribution < -0.4 is 0 Å². The lowest BCUT2D eigenvalue weighted by atomic mass is 10.1. The number of thiazole rings is 1.